The fourth-order valence-electron chi connectivity index (χ4n) is 0.799. The largest absolute Gasteiger partial charge is 0.501 e. The number of carbonyl (C=O) groups is 1. The Morgan fingerprint density at radius 2 is 2.06 bits per heavy atom. The molecule has 0 radical (unpaired) electrons. The average Bonchev–Trinajstić information content (AvgIpc) is 2.12. The maximum absolute atomic E-state index is 11.3. The standard InChI is InChI=1S/C12H21NO3/c1-6-15-8-7-10(2)9-13-11(14)16-12(3,4)5/h7-8H,2,6,9H2,1,3-5H3,(H,13,14)/b8-7+. The van der Waals surface area contributed by atoms with Crippen molar-refractivity contribution in [3.63, 3.8) is 0 Å². The lowest BCUT2D eigenvalue weighted by atomic mass is 10.2. The topological polar surface area (TPSA) is 47.6 Å². The molecule has 92 valence electrons. The van der Waals surface area contributed by atoms with Crippen molar-refractivity contribution in [2.45, 2.75) is 33.3 Å². The van der Waals surface area contributed by atoms with Crippen LogP contribution < -0.4 is 5.32 Å². The summed E-state index contributed by atoms with van der Waals surface area (Å²) in [6.45, 7) is 12.1. The molecule has 0 aromatic carbocycles. The van der Waals surface area contributed by atoms with E-state index >= 15 is 0 Å². The molecule has 0 spiro atoms. The van der Waals surface area contributed by atoms with Crippen molar-refractivity contribution in [3.05, 3.63) is 24.5 Å². The van der Waals surface area contributed by atoms with E-state index in [1.54, 1.807) is 12.3 Å². The molecule has 0 aliphatic carbocycles. The normalized spacial score (nSPS) is 11.2. The van der Waals surface area contributed by atoms with Gasteiger partial charge in [0.05, 0.1) is 12.9 Å². The van der Waals surface area contributed by atoms with E-state index in [0.717, 1.165) is 5.57 Å². The first-order chi connectivity index (χ1) is 7.35. The van der Waals surface area contributed by atoms with Crippen molar-refractivity contribution < 1.29 is 14.3 Å². The van der Waals surface area contributed by atoms with Gasteiger partial charge in [0, 0.05) is 6.54 Å². The molecule has 0 heterocycles. The summed E-state index contributed by atoms with van der Waals surface area (Å²) in [4.78, 5) is 11.3. The van der Waals surface area contributed by atoms with E-state index in [0.29, 0.717) is 13.2 Å². The molecule has 4 nitrogen and oxygen atoms in total. The highest BCUT2D eigenvalue weighted by Gasteiger charge is 2.15. The maximum atomic E-state index is 11.3. The van der Waals surface area contributed by atoms with Crippen LogP contribution in [0.4, 0.5) is 4.79 Å². The molecule has 0 fully saturated rings. The second kappa shape index (κ2) is 6.93. The molecule has 16 heavy (non-hydrogen) atoms. The Morgan fingerprint density at radius 1 is 1.44 bits per heavy atom. The number of ether oxygens (including phenoxy) is 2. The van der Waals surface area contributed by atoms with Crippen LogP contribution in [0.3, 0.4) is 0 Å². The summed E-state index contributed by atoms with van der Waals surface area (Å²) < 4.78 is 10.1. The summed E-state index contributed by atoms with van der Waals surface area (Å²) >= 11 is 0. The average molecular weight is 227 g/mol. The zero-order chi connectivity index (χ0) is 12.6. The van der Waals surface area contributed by atoms with Crippen LogP contribution in [0.2, 0.25) is 0 Å². The zero-order valence-corrected chi connectivity index (χ0v) is 10.5. The number of alkyl carbamates (subject to hydrolysis) is 1. The van der Waals surface area contributed by atoms with Crippen molar-refractivity contribution in [2.75, 3.05) is 13.2 Å². The summed E-state index contributed by atoms with van der Waals surface area (Å²) in [5.41, 5.74) is 0.270. The minimum atomic E-state index is -0.480. The fourth-order valence-corrected chi connectivity index (χ4v) is 0.799. The smallest absolute Gasteiger partial charge is 0.407 e. The van der Waals surface area contributed by atoms with Crippen LogP contribution in [0.15, 0.2) is 24.5 Å². The number of hydrogen-bond acceptors (Lipinski definition) is 3. The lowest BCUT2D eigenvalue weighted by Gasteiger charge is -2.19. The first-order valence-corrected chi connectivity index (χ1v) is 5.28. The van der Waals surface area contributed by atoms with Crippen LogP contribution in [0.5, 0.6) is 0 Å². The van der Waals surface area contributed by atoms with Gasteiger partial charge in [-0.15, -0.1) is 0 Å². The maximum Gasteiger partial charge on any atom is 0.407 e. The summed E-state index contributed by atoms with van der Waals surface area (Å²) in [6.07, 6.45) is 2.82. The van der Waals surface area contributed by atoms with Crippen molar-refractivity contribution >= 4 is 6.09 Å². The number of hydrogen-bond donors (Lipinski definition) is 1. The Labute approximate surface area is 97.3 Å². The van der Waals surface area contributed by atoms with Crippen LogP contribution in [0, 0.1) is 0 Å². The van der Waals surface area contributed by atoms with Gasteiger partial charge in [0.1, 0.15) is 5.60 Å². The quantitative estimate of drug-likeness (QED) is 0.580. The van der Waals surface area contributed by atoms with Crippen molar-refractivity contribution in [1.82, 2.24) is 5.32 Å². The van der Waals surface area contributed by atoms with Crippen LogP contribution in [0.25, 0.3) is 0 Å². The van der Waals surface area contributed by atoms with Gasteiger partial charge in [-0.1, -0.05) is 6.58 Å². The van der Waals surface area contributed by atoms with Gasteiger partial charge in [0.2, 0.25) is 0 Å². The molecule has 0 aromatic heterocycles. The molecular weight excluding hydrogens is 206 g/mol. The zero-order valence-electron chi connectivity index (χ0n) is 10.5. The van der Waals surface area contributed by atoms with Crippen LogP contribution in [-0.4, -0.2) is 24.8 Å². The summed E-state index contributed by atoms with van der Waals surface area (Å²) in [6, 6.07) is 0. The Kier molecular flexibility index (Phi) is 6.30. The molecular formula is C12H21NO3. The molecule has 0 saturated carbocycles. The predicted molar refractivity (Wildman–Crippen MR) is 64.1 cm³/mol. The third-order valence-corrected chi connectivity index (χ3v) is 1.43. The predicted octanol–water partition coefficient (Wildman–Crippen LogP) is 2.62. The number of carbonyl (C=O) groups excluding carboxylic acids is 1. The third-order valence-electron chi connectivity index (χ3n) is 1.43. The number of rotatable bonds is 5. The van der Waals surface area contributed by atoms with E-state index in [1.165, 1.54) is 0 Å². The van der Waals surface area contributed by atoms with Crippen molar-refractivity contribution in [2.24, 2.45) is 0 Å². The first-order valence-electron chi connectivity index (χ1n) is 5.28. The lowest BCUT2D eigenvalue weighted by molar-refractivity contribution is 0.0533. The van der Waals surface area contributed by atoms with Gasteiger partial charge in [-0.25, -0.2) is 4.79 Å². The van der Waals surface area contributed by atoms with Crippen molar-refractivity contribution in [1.29, 1.82) is 0 Å². The molecule has 0 bridgehead atoms. The van der Waals surface area contributed by atoms with Gasteiger partial charge in [-0.2, -0.15) is 0 Å². The minimum Gasteiger partial charge on any atom is -0.501 e. The highest BCUT2D eigenvalue weighted by atomic mass is 16.6. The van der Waals surface area contributed by atoms with Gasteiger partial charge in [0.15, 0.2) is 0 Å². The minimum absolute atomic E-state index is 0.346. The molecule has 0 unspecified atom stereocenters. The summed E-state index contributed by atoms with van der Waals surface area (Å²) in [7, 11) is 0. The van der Waals surface area contributed by atoms with E-state index in [1.807, 2.05) is 27.7 Å². The highest BCUT2D eigenvalue weighted by Crippen LogP contribution is 2.06. The molecule has 0 aliphatic rings. The van der Waals surface area contributed by atoms with Crippen molar-refractivity contribution in [3.8, 4) is 0 Å². The second-order valence-corrected chi connectivity index (χ2v) is 4.27. The first kappa shape index (κ1) is 14.6. The number of nitrogens with one attached hydrogen (secondary N) is 1. The molecule has 0 saturated heterocycles. The van der Waals surface area contributed by atoms with Crippen LogP contribution in [-0.2, 0) is 9.47 Å². The molecule has 4 heteroatoms. The molecule has 0 aliphatic heterocycles. The fraction of sp³-hybridized carbons (Fsp3) is 0.583. The van der Waals surface area contributed by atoms with Gasteiger partial charge in [-0.05, 0) is 39.3 Å². The van der Waals surface area contributed by atoms with Gasteiger partial charge in [-0.3, -0.25) is 0 Å². The summed E-state index contributed by atoms with van der Waals surface area (Å²) in [5, 5.41) is 2.60. The van der Waals surface area contributed by atoms with E-state index in [-0.39, 0.29) is 0 Å². The van der Waals surface area contributed by atoms with E-state index in [2.05, 4.69) is 11.9 Å². The lowest BCUT2D eigenvalue weighted by Crippen LogP contribution is -2.33. The van der Waals surface area contributed by atoms with E-state index < -0.39 is 11.7 Å². The van der Waals surface area contributed by atoms with Crippen LogP contribution >= 0.6 is 0 Å². The Hall–Kier alpha value is -1.45. The van der Waals surface area contributed by atoms with Gasteiger partial charge in [0.25, 0.3) is 0 Å². The Balaban J connectivity index is 3.80. The molecule has 1 amide bonds. The molecule has 0 atom stereocenters. The third kappa shape index (κ3) is 9.12. The Morgan fingerprint density at radius 3 is 2.56 bits per heavy atom. The van der Waals surface area contributed by atoms with Gasteiger partial charge < -0.3 is 14.8 Å². The molecule has 0 rings (SSSR count). The molecule has 1 N–H and O–H groups in total. The highest BCUT2D eigenvalue weighted by molar-refractivity contribution is 5.68. The molecule has 0 aromatic rings. The Bertz CT molecular complexity index is 264. The monoisotopic (exact) mass is 227 g/mol. The van der Waals surface area contributed by atoms with E-state index in [9.17, 15) is 4.79 Å². The second-order valence-electron chi connectivity index (χ2n) is 4.27. The summed E-state index contributed by atoms with van der Waals surface area (Å²) in [5.74, 6) is 0. The van der Waals surface area contributed by atoms with Crippen LogP contribution in [0.1, 0.15) is 27.7 Å². The SMILES string of the molecule is C=C(/C=C/OCC)CNC(=O)OC(C)(C)C. The van der Waals surface area contributed by atoms with Gasteiger partial charge >= 0.3 is 6.09 Å². The number of amides is 1. The van der Waals surface area contributed by atoms with E-state index in [4.69, 9.17) is 9.47 Å².